The lowest BCUT2D eigenvalue weighted by Gasteiger charge is -2.14. The number of pyridine rings is 1. The van der Waals surface area contributed by atoms with Crippen LogP contribution in [0.15, 0.2) is 36.8 Å². The van der Waals surface area contributed by atoms with E-state index in [9.17, 15) is 9.18 Å². The van der Waals surface area contributed by atoms with Gasteiger partial charge >= 0.3 is 12.1 Å². The van der Waals surface area contributed by atoms with Gasteiger partial charge < -0.3 is 24.1 Å². The molecule has 5 rings (SSSR count). The first-order valence-corrected chi connectivity index (χ1v) is 13.1. The van der Waals surface area contributed by atoms with E-state index in [1.165, 1.54) is 43.1 Å². The number of anilines is 1. The largest absolute Gasteiger partial charge is 0.480 e. The van der Waals surface area contributed by atoms with Crippen molar-refractivity contribution in [3.63, 3.8) is 0 Å². The fraction of sp³-hybridized carbons (Fsp3) is 0.269. The van der Waals surface area contributed by atoms with Gasteiger partial charge in [-0.05, 0) is 31.5 Å². The zero-order valence-corrected chi connectivity index (χ0v) is 22.9. The maximum Gasteiger partial charge on any atom is 0.412 e. The normalized spacial score (nSPS) is 11.8. The van der Waals surface area contributed by atoms with Gasteiger partial charge in [0.2, 0.25) is 5.88 Å². The summed E-state index contributed by atoms with van der Waals surface area (Å²) in [4.78, 5) is 38.3. The predicted molar refractivity (Wildman–Crippen MR) is 147 cm³/mol. The lowest BCUT2D eigenvalue weighted by atomic mass is 10.1. The van der Waals surface area contributed by atoms with E-state index in [-0.39, 0.29) is 37.4 Å². The Labute approximate surface area is 236 Å². The second-order valence-electron chi connectivity index (χ2n) is 8.69. The minimum atomic E-state index is -0.782. The summed E-state index contributed by atoms with van der Waals surface area (Å²) < 4.78 is 35.9. The number of methoxy groups -OCH3 is 1. The van der Waals surface area contributed by atoms with E-state index in [0.29, 0.717) is 32.3 Å². The summed E-state index contributed by atoms with van der Waals surface area (Å²) in [6.07, 6.45) is 2.65. The van der Waals surface area contributed by atoms with E-state index in [4.69, 9.17) is 24.1 Å². The third-order valence-electron chi connectivity index (χ3n) is 5.47. The number of aromatic nitrogens is 6. The van der Waals surface area contributed by atoms with Crippen LogP contribution in [0.3, 0.4) is 0 Å². The molecule has 15 heteroatoms. The number of benzene rings is 1. The maximum atomic E-state index is 14.8. The molecule has 1 aromatic carbocycles. The SMILES string of the molecule is COc1cnc2c(-c3nc4cc(F)c(OC[C@@H](C)OC(=O)Nc5cnc(OCCO)nc5)nc4s3)cc(C)cc2n1. The predicted octanol–water partition coefficient (Wildman–Crippen LogP) is 3.93. The molecule has 0 saturated heterocycles. The van der Waals surface area contributed by atoms with Gasteiger partial charge in [0.1, 0.15) is 34.7 Å². The van der Waals surface area contributed by atoms with Crippen molar-refractivity contribution < 1.29 is 33.2 Å². The Morgan fingerprint density at radius 3 is 2.63 bits per heavy atom. The van der Waals surface area contributed by atoms with Gasteiger partial charge in [-0.2, -0.15) is 4.98 Å². The Balaban J connectivity index is 1.25. The first kappa shape index (κ1) is 27.8. The molecule has 13 nitrogen and oxygen atoms in total. The Morgan fingerprint density at radius 1 is 1.07 bits per heavy atom. The Morgan fingerprint density at radius 2 is 1.88 bits per heavy atom. The average Bonchev–Trinajstić information content (AvgIpc) is 3.37. The van der Waals surface area contributed by atoms with Gasteiger partial charge in [-0.25, -0.2) is 34.1 Å². The molecule has 41 heavy (non-hydrogen) atoms. The molecule has 0 bridgehead atoms. The molecule has 1 atom stereocenters. The van der Waals surface area contributed by atoms with Gasteiger partial charge in [-0.1, -0.05) is 11.3 Å². The summed E-state index contributed by atoms with van der Waals surface area (Å²) in [5.74, 6) is -0.549. The number of carbonyl (C=O) groups is 1. The van der Waals surface area contributed by atoms with Crippen molar-refractivity contribution in [2.45, 2.75) is 20.0 Å². The number of aliphatic hydroxyl groups is 1. The summed E-state index contributed by atoms with van der Waals surface area (Å²) in [5, 5.41) is 11.8. The molecule has 5 aromatic rings. The maximum absolute atomic E-state index is 14.8. The summed E-state index contributed by atoms with van der Waals surface area (Å²) in [7, 11) is 1.52. The molecule has 0 aliphatic carbocycles. The number of fused-ring (bicyclic) bond motifs is 2. The number of ether oxygens (including phenoxy) is 4. The van der Waals surface area contributed by atoms with E-state index in [1.54, 1.807) is 6.92 Å². The van der Waals surface area contributed by atoms with Crippen LogP contribution in [-0.4, -0.2) is 74.1 Å². The van der Waals surface area contributed by atoms with E-state index >= 15 is 0 Å². The number of thiazole rings is 1. The molecule has 0 fully saturated rings. The van der Waals surface area contributed by atoms with Crippen molar-refractivity contribution in [2.24, 2.45) is 0 Å². The molecular weight excluding hydrogens is 557 g/mol. The number of carbonyl (C=O) groups excluding carboxylic acids is 1. The smallest absolute Gasteiger partial charge is 0.412 e. The molecule has 0 aliphatic heterocycles. The van der Waals surface area contributed by atoms with Gasteiger partial charge in [0.25, 0.3) is 5.88 Å². The highest BCUT2D eigenvalue weighted by molar-refractivity contribution is 7.21. The number of hydrogen-bond donors (Lipinski definition) is 2. The van der Waals surface area contributed by atoms with Crippen molar-refractivity contribution in [3.8, 4) is 28.3 Å². The Hall–Kier alpha value is -4.76. The molecule has 0 spiro atoms. The van der Waals surface area contributed by atoms with Crippen molar-refractivity contribution in [1.29, 1.82) is 0 Å². The minimum absolute atomic E-state index is 0.0496. The molecule has 1 amide bonds. The van der Waals surface area contributed by atoms with Crippen molar-refractivity contribution in [2.75, 3.05) is 32.2 Å². The van der Waals surface area contributed by atoms with Crippen LogP contribution in [0.4, 0.5) is 14.9 Å². The Bertz CT molecular complexity index is 1700. The number of amides is 1. The number of nitrogens with one attached hydrogen (secondary N) is 1. The highest BCUT2D eigenvalue weighted by atomic mass is 32.1. The molecular formula is C26H24FN7O6S. The van der Waals surface area contributed by atoms with Crippen LogP contribution in [0.25, 0.3) is 32.0 Å². The zero-order valence-electron chi connectivity index (χ0n) is 22.1. The second-order valence-corrected chi connectivity index (χ2v) is 9.67. The second kappa shape index (κ2) is 12.2. The summed E-state index contributed by atoms with van der Waals surface area (Å²) in [6.45, 7) is 3.24. The van der Waals surface area contributed by atoms with E-state index < -0.39 is 18.0 Å². The summed E-state index contributed by atoms with van der Waals surface area (Å²) in [6, 6.07) is 5.14. The standard InChI is InChI=1S/C26H24FN7O6S/c1-13-6-16(21-18(7-13)32-20(37-3)11-28-21)23-33-19-8-17(27)22(34-24(19)41-23)39-12-14(2)40-26(36)31-15-9-29-25(30-10-15)38-5-4-35/h6-11,14,35H,4-5,12H2,1-3H3,(H,31,36)/t14-/m1/s1. The lowest BCUT2D eigenvalue weighted by molar-refractivity contribution is 0.0827. The van der Waals surface area contributed by atoms with Crippen LogP contribution in [0.2, 0.25) is 0 Å². The first-order valence-electron chi connectivity index (χ1n) is 12.3. The van der Waals surface area contributed by atoms with E-state index in [2.05, 4.69) is 35.2 Å². The van der Waals surface area contributed by atoms with Crippen LogP contribution in [0.1, 0.15) is 12.5 Å². The van der Waals surface area contributed by atoms with Gasteiger partial charge in [0.05, 0.1) is 49.0 Å². The van der Waals surface area contributed by atoms with E-state index in [0.717, 1.165) is 11.1 Å². The quantitative estimate of drug-likeness (QED) is 0.245. The third-order valence-corrected chi connectivity index (χ3v) is 6.47. The first-order chi connectivity index (χ1) is 19.8. The lowest BCUT2D eigenvalue weighted by Crippen LogP contribution is -2.25. The van der Waals surface area contributed by atoms with Gasteiger partial charge in [0.15, 0.2) is 5.82 Å². The van der Waals surface area contributed by atoms with Crippen molar-refractivity contribution >= 4 is 44.5 Å². The number of halogens is 1. The molecule has 2 N–H and O–H groups in total. The summed E-state index contributed by atoms with van der Waals surface area (Å²) in [5.41, 5.74) is 3.61. The molecule has 0 aliphatic rings. The summed E-state index contributed by atoms with van der Waals surface area (Å²) >= 11 is 1.26. The minimum Gasteiger partial charge on any atom is -0.480 e. The Kier molecular flexibility index (Phi) is 8.26. The third kappa shape index (κ3) is 6.53. The van der Waals surface area contributed by atoms with Crippen LogP contribution < -0.4 is 19.5 Å². The fourth-order valence-electron chi connectivity index (χ4n) is 3.70. The average molecular weight is 582 g/mol. The fourth-order valence-corrected chi connectivity index (χ4v) is 4.63. The molecule has 0 saturated carbocycles. The van der Waals surface area contributed by atoms with Gasteiger partial charge in [0, 0.05) is 11.6 Å². The molecule has 0 unspecified atom stereocenters. The highest BCUT2D eigenvalue weighted by Crippen LogP contribution is 2.35. The van der Waals surface area contributed by atoms with Crippen LogP contribution in [0.5, 0.6) is 17.8 Å². The van der Waals surface area contributed by atoms with Crippen LogP contribution in [0, 0.1) is 12.7 Å². The van der Waals surface area contributed by atoms with E-state index in [1.807, 2.05) is 19.1 Å². The van der Waals surface area contributed by atoms with Crippen molar-refractivity contribution in [3.05, 3.63) is 48.2 Å². The molecule has 4 aromatic heterocycles. The molecule has 4 heterocycles. The molecule has 212 valence electrons. The van der Waals surface area contributed by atoms with Crippen molar-refractivity contribution in [1.82, 2.24) is 29.9 Å². The number of nitrogens with zero attached hydrogens (tertiary/aromatic N) is 6. The highest BCUT2D eigenvalue weighted by Gasteiger charge is 2.18. The number of aliphatic hydroxyl groups excluding tert-OH is 1. The monoisotopic (exact) mass is 581 g/mol. The van der Waals surface area contributed by atoms with Crippen LogP contribution in [-0.2, 0) is 4.74 Å². The number of hydrogen-bond acceptors (Lipinski definition) is 13. The molecule has 0 radical (unpaired) electrons. The zero-order chi connectivity index (χ0) is 28.9. The number of aryl methyl sites for hydroxylation is 1. The number of rotatable bonds is 10. The van der Waals surface area contributed by atoms with Gasteiger partial charge in [-0.3, -0.25) is 5.32 Å². The van der Waals surface area contributed by atoms with Gasteiger partial charge in [-0.15, -0.1) is 0 Å². The van der Waals surface area contributed by atoms with Crippen LogP contribution >= 0.6 is 11.3 Å². The topological polar surface area (TPSA) is 164 Å².